The molecule has 2 N–H and O–H groups in total. The zero-order chi connectivity index (χ0) is 16.1. The number of rotatable bonds is 6. The fourth-order valence-electron chi connectivity index (χ4n) is 2.41. The van der Waals surface area contributed by atoms with Crippen LogP contribution in [0.5, 0.6) is 0 Å². The van der Waals surface area contributed by atoms with Crippen molar-refractivity contribution in [2.75, 3.05) is 5.32 Å². The number of nitrogens with zero attached hydrogens (tertiary/aromatic N) is 2. The van der Waals surface area contributed by atoms with Gasteiger partial charge in [-0.3, -0.25) is 4.68 Å². The van der Waals surface area contributed by atoms with Crippen LogP contribution in [-0.2, 0) is 19.7 Å². The summed E-state index contributed by atoms with van der Waals surface area (Å²) in [5.41, 5.74) is 3.94. The van der Waals surface area contributed by atoms with Crippen molar-refractivity contribution in [3.63, 3.8) is 0 Å². The van der Waals surface area contributed by atoms with Crippen LogP contribution in [0.25, 0.3) is 0 Å². The summed E-state index contributed by atoms with van der Waals surface area (Å²) < 4.78 is 1.87. The molecule has 1 heterocycles. The number of benzene rings is 2. The molecular weight excluding hydrogens is 310 g/mol. The Morgan fingerprint density at radius 2 is 1.78 bits per heavy atom. The Bertz CT molecular complexity index is 785. The average molecular weight is 328 g/mol. The molecule has 0 spiro atoms. The van der Waals surface area contributed by atoms with E-state index in [1.165, 1.54) is 0 Å². The van der Waals surface area contributed by atoms with Crippen LogP contribution < -0.4 is 5.32 Å². The van der Waals surface area contributed by atoms with E-state index in [-0.39, 0.29) is 6.61 Å². The highest BCUT2D eigenvalue weighted by molar-refractivity contribution is 6.31. The molecule has 3 aromatic rings. The maximum atomic E-state index is 9.34. The van der Waals surface area contributed by atoms with E-state index in [0.717, 1.165) is 27.4 Å². The second kappa shape index (κ2) is 7.31. The van der Waals surface area contributed by atoms with Crippen molar-refractivity contribution in [1.82, 2.24) is 9.78 Å². The molecule has 0 saturated carbocycles. The number of anilines is 1. The number of aliphatic hydroxyl groups is 1. The smallest absolute Gasteiger partial charge is 0.0701 e. The number of hydrogen-bond donors (Lipinski definition) is 2. The average Bonchev–Trinajstić information content (AvgIpc) is 3.03. The summed E-state index contributed by atoms with van der Waals surface area (Å²) in [5, 5.41) is 17.8. The molecule has 3 rings (SSSR count). The van der Waals surface area contributed by atoms with Crippen LogP contribution in [0.1, 0.15) is 16.7 Å². The summed E-state index contributed by atoms with van der Waals surface area (Å²) >= 11 is 6.18. The van der Waals surface area contributed by atoms with E-state index < -0.39 is 0 Å². The standard InChI is InChI=1S/C18H18ClN3O/c19-17-7-3-1-5-15(17)12-22-11-14(10-21-22)9-20-18-8-4-2-6-16(18)13-23/h1-8,10-11,20,23H,9,12-13H2. The van der Waals surface area contributed by atoms with E-state index in [9.17, 15) is 5.11 Å². The highest BCUT2D eigenvalue weighted by Crippen LogP contribution is 2.17. The van der Waals surface area contributed by atoms with Gasteiger partial charge in [0.2, 0.25) is 0 Å². The second-order valence-corrected chi connectivity index (χ2v) is 5.71. The monoisotopic (exact) mass is 327 g/mol. The fraction of sp³-hybridized carbons (Fsp3) is 0.167. The van der Waals surface area contributed by atoms with Gasteiger partial charge in [-0.15, -0.1) is 0 Å². The molecule has 1 aromatic heterocycles. The maximum Gasteiger partial charge on any atom is 0.0701 e. The minimum atomic E-state index is 0.0228. The van der Waals surface area contributed by atoms with Crippen LogP contribution in [-0.4, -0.2) is 14.9 Å². The van der Waals surface area contributed by atoms with Crippen molar-refractivity contribution in [1.29, 1.82) is 0 Å². The number of hydrogen-bond acceptors (Lipinski definition) is 3. The van der Waals surface area contributed by atoms with Crippen molar-refractivity contribution >= 4 is 17.3 Å². The van der Waals surface area contributed by atoms with Crippen LogP contribution in [0.3, 0.4) is 0 Å². The van der Waals surface area contributed by atoms with Crippen LogP contribution in [0.2, 0.25) is 5.02 Å². The van der Waals surface area contributed by atoms with Crippen molar-refractivity contribution in [2.24, 2.45) is 0 Å². The van der Waals surface area contributed by atoms with Crippen molar-refractivity contribution in [2.45, 2.75) is 19.7 Å². The molecule has 2 aromatic carbocycles. The van der Waals surface area contributed by atoms with Crippen LogP contribution in [0.15, 0.2) is 60.9 Å². The van der Waals surface area contributed by atoms with Gasteiger partial charge in [0, 0.05) is 34.6 Å². The number of para-hydroxylation sites is 1. The summed E-state index contributed by atoms with van der Waals surface area (Å²) in [6.07, 6.45) is 3.84. The number of nitrogens with one attached hydrogen (secondary N) is 1. The molecule has 0 unspecified atom stereocenters. The van der Waals surface area contributed by atoms with Gasteiger partial charge in [-0.2, -0.15) is 5.10 Å². The van der Waals surface area contributed by atoms with Gasteiger partial charge in [-0.25, -0.2) is 0 Å². The number of aromatic nitrogens is 2. The molecule has 0 fully saturated rings. The lowest BCUT2D eigenvalue weighted by Gasteiger charge is -2.09. The first-order chi connectivity index (χ1) is 11.3. The topological polar surface area (TPSA) is 50.1 Å². The zero-order valence-corrected chi connectivity index (χ0v) is 13.4. The van der Waals surface area contributed by atoms with E-state index in [1.807, 2.05) is 65.6 Å². The molecule has 23 heavy (non-hydrogen) atoms. The minimum absolute atomic E-state index is 0.0228. The molecule has 5 heteroatoms. The Morgan fingerprint density at radius 3 is 2.57 bits per heavy atom. The Morgan fingerprint density at radius 1 is 1.04 bits per heavy atom. The Labute approximate surface area is 140 Å². The van der Waals surface area contributed by atoms with E-state index in [0.29, 0.717) is 13.1 Å². The molecule has 0 radical (unpaired) electrons. The lowest BCUT2D eigenvalue weighted by Crippen LogP contribution is -2.02. The molecule has 0 aliphatic carbocycles. The van der Waals surface area contributed by atoms with Gasteiger partial charge in [0.05, 0.1) is 19.3 Å². The van der Waals surface area contributed by atoms with Crippen molar-refractivity contribution < 1.29 is 5.11 Å². The number of halogens is 1. The van der Waals surface area contributed by atoms with Crippen LogP contribution in [0, 0.1) is 0 Å². The first-order valence-electron chi connectivity index (χ1n) is 7.43. The molecule has 0 aliphatic rings. The summed E-state index contributed by atoms with van der Waals surface area (Å²) in [6, 6.07) is 15.5. The summed E-state index contributed by atoms with van der Waals surface area (Å²) in [6.45, 7) is 1.32. The number of aliphatic hydroxyl groups excluding tert-OH is 1. The highest BCUT2D eigenvalue weighted by Gasteiger charge is 2.04. The Hall–Kier alpha value is -2.30. The molecule has 0 atom stereocenters. The maximum absolute atomic E-state index is 9.34. The molecule has 0 bridgehead atoms. The first-order valence-corrected chi connectivity index (χ1v) is 7.81. The van der Waals surface area contributed by atoms with Crippen molar-refractivity contribution in [3.05, 3.63) is 82.6 Å². The van der Waals surface area contributed by atoms with Gasteiger partial charge in [0.15, 0.2) is 0 Å². The quantitative estimate of drug-likeness (QED) is 0.726. The largest absolute Gasteiger partial charge is 0.392 e. The summed E-state index contributed by atoms with van der Waals surface area (Å²) in [7, 11) is 0. The van der Waals surface area contributed by atoms with E-state index >= 15 is 0 Å². The third-order valence-electron chi connectivity index (χ3n) is 3.65. The van der Waals surface area contributed by atoms with Crippen LogP contribution >= 0.6 is 11.6 Å². The first kappa shape index (κ1) is 15.6. The van der Waals surface area contributed by atoms with Crippen molar-refractivity contribution in [3.8, 4) is 0 Å². The normalized spacial score (nSPS) is 10.7. The predicted molar refractivity (Wildman–Crippen MR) is 92.5 cm³/mol. The lowest BCUT2D eigenvalue weighted by atomic mass is 10.2. The molecule has 118 valence electrons. The van der Waals surface area contributed by atoms with Gasteiger partial charge < -0.3 is 10.4 Å². The third-order valence-corrected chi connectivity index (χ3v) is 4.02. The van der Waals surface area contributed by atoms with E-state index in [1.54, 1.807) is 0 Å². The second-order valence-electron chi connectivity index (χ2n) is 5.31. The highest BCUT2D eigenvalue weighted by atomic mass is 35.5. The molecule has 0 aliphatic heterocycles. The van der Waals surface area contributed by atoms with Gasteiger partial charge in [0.1, 0.15) is 0 Å². The summed E-state index contributed by atoms with van der Waals surface area (Å²) in [5.74, 6) is 0. The molecule has 0 amide bonds. The van der Waals surface area contributed by atoms with Gasteiger partial charge >= 0.3 is 0 Å². The fourth-order valence-corrected chi connectivity index (χ4v) is 2.61. The van der Waals surface area contributed by atoms with E-state index in [4.69, 9.17) is 11.6 Å². The predicted octanol–water partition coefficient (Wildman–Crippen LogP) is 3.69. The Balaban J connectivity index is 1.65. The zero-order valence-electron chi connectivity index (χ0n) is 12.6. The third kappa shape index (κ3) is 3.92. The molecular formula is C18H18ClN3O. The van der Waals surface area contributed by atoms with Gasteiger partial charge in [-0.05, 0) is 17.7 Å². The lowest BCUT2D eigenvalue weighted by molar-refractivity contribution is 0.282. The SMILES string of the molecule is OCc1ccccc1NCc1cnn(Cc2ccccc2Cl)c1. The molecule has 0 saturated heterocycles. The van der Waals surface area contributed by atoms with Gasteiger partial charge in [-0.1, -0.05) is 48.0 Å². The summed E-state index contributed by atoms with van der Waals surface area (Å²) in [4.78, 5) is 0. The van der Waals surface area contributed by atoms with Crippen LogP contribution in [0.4, 0.5) is 5.69 Å². The minimum Gasteiger partial charge on any atom is -0.392 e. The molecule has 4 nitrogen and oxygen atoms in total. The Kier molecular flexibility index (Phi) is 4.95. The van der Waals surface area contributed by atoms with Gasteiger partial charge in [0.25, 0.3) is 0 Å². The van der Waals surface area contributed by atoms with E-state index in [2.05, 4.69) is 10.4 Å².